The number of ether oxygens (including phenoxy) is 1. The molecule has 3 heterocycles. The third-order valence-corrected chi connectivity index (χ3v) is 11.0. The molecule has 0 atom stereocenters. The van der Waals surface area contributed by atoms with E-state index >= 15 is 0 Å². The summed E-state index contributed by atoms with van der Waals surface area (Å²) in [5.41, 5.74) is 0.604. The second-order valence-electron chi connectivity index (χ2n) is 15.4. The van der Waals surface area contributed by atoms with Crippen molar-refractivity contribution in [2.24, 2.45) is 0 Å². The lowest BCUT2D eigenvalue weighted by Crippen LogP contribution is -2.37. The Kier molecular flexibility index (Phi) is 26.0. The van der Waals surface area contributed by atoms with Gasteiger partial charge in [0.1, 0.15) is 19.0 Å². The number of pyridine rings is 1. The van der Waals surface area contributed by atoms with E-state index in [0.717, 1.165) is 91.5 Å². The highest BCUT2D eigenvalue weighted by Crippen LogP contribution is 2.36. The molecule has 1 aromatic heterocycles. The maximum absolute atomic E-state index is 13.6. The quantitative estimate of drug-likeness (QED) is 0.0517. The minimum atomic E-state index is -4.46. The Balaban J connectivity index is 0.000000393. The zero-order valence-corrected chi connectivity index (χ0v) is 41.2. The number of urea groups is 1. The summed E-state index contributed by atoms with van der Waals surface area (Å²) in [5.74, 6) is -6.64. The Hall–Kier alpha value is -6.78. The van der Waals surface area contributed by atoms with E-state index in [0.29, 0.717) is 24.2 Å². The Bertz CT molecular complexity index is 2780. The van der Waals surface area contributed by atoms with Crippen LogP contribution in [0.1, 0.15) is 46.4 Å². The fraction of sp³-hybridized carbons (Fsp3) is 0.255. The van der Waals surface area contributed by atoms with Crippen molar-refractivity contribution in [3.8, 4) is 5.75 Å². The predicted octanol–water partition coefficient (Wildman–Crippen LogP) is 14.3. The van der Waals surface area contributed by atoms with E-state index in [2.05, 4.69) is 20.9 Å². The number of rotatable bonds is 10. The maximum atomic E-state index is 13.6. The van der Waals surface area contributed by atoms with Gasteiger partial charge in [-0.2, -0.15) is 43.9 Å². The highest BCUT2D eigenvalue weighted by molar-refractivity contribution is 6.32. The zero-order chi connectivity index (χ0) is 57.0. The summed E-state index contributed by atoms with van der Waals surface area (Å²) in [4.78, 5) is 39.3. The third kappa shape index (κ3) is 19.9. The highest BCUT2D eigenvalue weighted by atomic mass is 35.5. The molecule has 0 saturated heterocycles. The molecule has 0 bridgehead atoms. The van der Waals surface area contributed by atoms with Crippen molar-refractivity contribution in [3.63, 3.8) is 0 Å². The molecule has 77 heavy (non-hydrogen) atoms. The van der Waals surface area contributed by atoms with Crippen molar-refractivity contribution < 1.29 is 91.7 Å². The van der Waals surface area contributed by atoms with E-state index in [1.165, 1.54) is 47.4 Å². The topological polar surface area (TPSA) is 179 Å². The maximum Gasteiger partial charge on any atom is 0.417 e. The first-order valence-electron chi connectivity index (χ1n) is 21.3. The Morgan fingerprint density at radius 2 is 1.19 bits per heavy atom. The highest BCUT2D eigenvalue weighted by Gasteiger charge is 2.34. The number of aliphatic hydroxyl groups is 2. The van der Waals surface area contributed by atoms with E-state index in [1.807, 2.05) is 6.08 Å². The number of aromatic nitrogens is 1. The van der Waals surface area contributed by atoms with Crippen molar-refractivity contribution in [2.45, 2.75) is 37.0 Å². The monoisotopic (exact) mass is 1170 g/mol. The van der Waals surface area contributed by atoms with Gasteiger partial charge in [0.2, 0.25) is 0 Å². The number of anilines is 2. The van der Waals surface area contributed by atoms with Crippen molar-refractivity contribution in [1.82, 2.24) is 15.2 Å². The van der Waals surface area contributed by atoms with Crippen molar-refractivity contribution in [2.75, 3.05) is 50.0 Å². The molecule has 2 aliphatic heterocycles. The molecule has 5 aromatic rings. The number of hydrogen-bond acceptors (Lipinski definition) is 9. The number of benzene rings is 4. The van der Waals surface area contributed by atoms with Crippen LogP contribution in [0.15, 0.2) is 115 Å². The van der Waals surface area contributed by atoms with E-state index in [1.54, 1.807) is 6.08 Å². The summed E-state index contributed by atoms with van der Waals surface area (Å²) in [5, 5.41) is 36.1. The number of carbonyl (C=O) groups is 2. The van der Waals surface area contributed by atoms with Gasteiger partial charge in [0, 0.05) is 83.8 Å². The fourth-order valence-corrected chi connectivity index (χ4v) is 7.16. The van der Waals surface area contributed by atoms with Crippen LogP contribution in [0.2, 0.25) is 10.0 Å². The summed E-state index contributed by atoms with van der Waals surface area (Å²) in [7, 11) is 0. The molecule has 7 rings (SSSR count). The lowest BCUT2D eigenvalue weighted by molar-refractivity contribution is -0.384. The van der Waals surface area contributed by atoms with Crippen LogP contribution in [-0.2, 0) is 24.2 Å². The molecular weight excluding hydrogens is 1130 g/mol. The van der Waals surface area contributed by atoms with Crippen LogP contribution in [0.3, 0.4) is 0 Å². The number of amides is 3. The van der Waals surface area contributed by atoms with Gasteiger partial charge < -0.3 is 30.5 Å². The molecule has 0 saturated carbocycles. The Morgan fingerprint density at radius 1 is 0.688 bits per heavy atom. The summed E-state index contributed by atoms with van der Waals surface area (Å²) < 4.78 is 166. The fourth-order valence-electron chi connectivity index (χ4n) is 6.57. The van der Waals surface area contributed by atoms with E-state index in [-0.39, 0.29) is 57.4 Å². The van der Waals surface area contributed by atoms with Gasteiger partial charge in [0.05, 0.1) is 26.8 Å². The first-order chi connectivity index (χ1) is 35.8. The zero-order valence-electron chi connectivity index (χ0n) is 38.9. The normalized spacial score (nSPS) is 13.3. The third-order valence-electron chi connectivity index (χ3n) is 10.4. The molecule has 13 nitrogen and oxygen atoms in total. The van der Waals surface area contributed by atoms with Crippen molar-refractivity contribution in [3.05, 3.63) is 169 Å². The molecule has 3 amide bonds. The largest absolute Gasteiger partial charge is 0.417 e. The number of alkyl halides is 10. The number of carbonyl (C=O) groups excluding carboxylic acids is 2. The van der Waals surface area contributed by atoms with Gasteiger partial charge in [0.25, 0.3) is 17.5 Å². The molecule has 0 aliphatic carbocycles. The van der Waals surface area contributed by atoms with Gasteiger partial charge >= 0.3 is 24.5 Å². The van der Waals surface area contributed by atoms with Crippen LogP contribution < -0.4 is 20.7 Å². The number of aliphatic hydroxyl groups excluding tert-OH is 2. The number of halogens is 17. The molecule has 0 radical (unpaired) electrons. The molecule has 4 aromatic carbocycles. The van der Waals surface area contributed by atoms with E-state index in [9.17, 15) is 63.6 Å². The molecule has 420 valence electrons. The SMILES string of the molecule is Cl.FF.FF.O=C(Nc1ccc(C(F)(F)F)cc1)N1CC=C(c2ccc(C(F)(F)CO)cc2Cl)CC1.O=C(Nc1ccc(C(F)(F)F)cc1)Oc1ccc([N+](=O)[O-])cc1.OCC(F)(F)c1cnc(C2=CCNCC2)c(Cl)c1. The van der Waals surface area contributed by atoms with E-state index in [4.69, 9.17) is 56.4 Å². The molecule has 5 N–H and O–H groups in total. The van der Waals surface area contributed by atoms with E-state index < -0.39 is 71.1 Å². The van der Waals surface area contributed by atoms with Crippen LogP contribution in [0, 0.1) is 10.1 Å². The minimum absolute atomic E-state index is 0. The average molecular weight is 1170 g/mol. The summed E-state index contributed by atoms with van der Waals surface area (Å²) in [6.07, 6.45) is -3.91. The minimum Gasteiger partial charge on any atom is -0.410 e. The van der Waals surface area contributed by atoms with Crippen molar-refractivity contribution >= 4 is 75.9 Å². The average Bonchev–Trinajstić information content (AvgIpc) is 3.40. The molecule has 0 unspecified atom stereocenters. The molecular formula is C47H41Cl3F14N6O7. The Labute approximate surface area is 443 Å². The molecule has 0 fully saturated rings. The number of nitro groups is 1. The number of non-ortho nitro benzene ring substituents is 1. The standard InChI is InChI=1S/C21H18ClF5N2O2.C14H9F3N2O4.C12H13ClF2N2O.ClH.2F2/c22-18-11-15(20(23,24)12-30)3-6-17(18)13-7-9-29(10-8-13)19(31)28-16-4-1-14(2-5-16)21(25,26)27;15-14(16,17)9-1-3-10(4-2-9)18-13(20)23-12-7-5-11(6-8-12)19(21)22;13-10-5-9(12(14,15)7-18)6-17-11(10)8-1-3-16-4-2-8;;2*1-2/h1-7,11,30H,8-10,12H2,(H,28,31);1-8H,(H,18,20);1,5-6,16,18H,2-4,7H2;1H;;. The van der Waals surface area contributed by atoms with Gasteiger partial charge in [0.15, 0.2) is 0 Å². The Morgan fingerprint density at radius 3 is 1.64 bits per heavy atom. The van der Waals surface area contributed by atoms with Gasteiger partial charge in [-0.3, -0.25) is 20.4 Å². The summed E-state index contributed by atoms with van der Waals surface area (Å²) in [6.45, 7) is -0.512. The van der Waals surface area contributed by atoms with Gasteiger partial charge in [-0.25, -0.2) is 9.59 Å². The molecule has 0 spiro atoms. The first kappa shape index (κ1) is 66.3. The van der Waals surface area contributed by atoms with Crippen LogP contribution in [0.25, 0.3) is 11.1 Å². The van der Waals surface area contributed by atoms with Gasteiger partial charge in [-0.15, -0.1) is 12.4 Å². The van der Waals surface area contributed by atoms with Crippen LogP contribution in [0.5, 0.6) is 5.75 Å². The lowest BCUT2D eigenvalue weighted by atomic mass is 9.97. The lowest BCUT2D eigenvalue weighted by Gasteiger charge is -2.27. The van der Waals surface area contributed by atoms with Gasteiger partial charge in [-0.05, 0) is 109 Å². The second-order valence-corrected chi connectivity index (χ2v) is 16.2. The smallest absolute Gasteiger partial charge is 0.410 e. The molecule has 2 aliphatic rings. The summed E-state index contributed by atoms with van der Waals surface area (Å²) >= 11 is 12.1. The van der Waals surface area contributed by atoms with Crippen LogP contribution in [0.4, 0.5) is 88.9 Å². The van der Waals surface area contributed by atoms with Crippen molar-refractivity contribution in [1.29, 1.82) is 0 Å². The van der Waals surface area contributed by atoms with Gasteiger partial charge in [-0.1, -0.05) is 47.5 Å². The number of hydrogen-bond donors (Lipinski definition) is 5. The first-order valence-corrected chi connectivity index (χ1v) is 22.0. The number of nitrogens with zero attached hydrogens (tertiary/aromatic N) is 3. The molecule has 30 heteroatoms. The van der Waals surface area contributed by atoms with Crippen LogP contribution in [-0.4, -0.2) is 76.5 Å². The second kappa shape index (κ2) is 30.2. The van der Waals surface area contributed by atoms with Crippen LogP contribution >= 0.6 is 35.6 Å². The predicted molar refractivity (Wildman–Crippen MR) is 259 cm³/mol. The summed E-state index contributed by atoms with van der Waals surface area (Å²) in [6, 6.07) is 17.1. The number of nitro benzene ring substituents is 1. The number of nitrogens with one attached hydrogen (secondary N) is 3.